The van der Waals surface area contributed by atoms with Crippen LogP contribution in [0.2, 0.25) is 0 Å². The lowest BCUT2D eigenvalue weighted by Crippen LogP contribution is -2.18. The van der Waals surface area contributed by atoms with Crippen molar-refractivity contribution < 1.29 is 13.6 Å². The second kappa shape index (κ2) is 8.43. The summed E-state index contributed by atoms with van der Waals surface area (Å²) in [5.74, 6) is -0.0392. The Morgan fingerprint density at radius 1 is 1.07 bits per heavy atom. The van der Waals surface area contributed by atoms with Gasteiger partial charge in [-0.2, -0.15) is 0 Å². The Hall–Kier alpha value is -2.87. The zero-order valence-electron chi connectivity index (χ0n) is 15.1. The van der Waals surface area contributed by atoms with Gasteiger partial charge >= 0.3 is 0 Å². The van der Waals surface area contributed by atoms with Crippen LogP contribution in [-0.4, -0.2) is 34.9 Å². The van der Waals surface area contributed by atoms with E-state index in [1.54, 1.807) is 12.1 Å². The number of aromatic nitrogens is 2. The first-order valence-electron chi connectivity index (χ1n) is 9.04. The SMILES string of the molecule is O=C(CSc1nnc(-c2ccc(F)cc2)o1)Nc1ccc(N2CCCC2)cc1. The summed E-state index contributed by atoms with van der Waals surface area (Å²) in [7, 11) is 0. The summed E-state index contributed by atoms with van der Waals surface area (Å²) in [4.78, 5) is 14.5. The number of nitrogens with zero attached hydrogens (tertiary/aromatic N) is 3. The van der Waals surface area contributed by atoms with Crippen molar-refractivity contribution in [3.8, 4) is 11.5 Å². The number of benzene rings is 2. The fraction of sp³-hybridized carbons (Fsp3) is 0.250. The molecule has 6 nitrogen and oxygen atoms in total. The number of carbonyl (C=O) groups excluding carboxylic acids is 1. The minimum atomic E-state index is -0.331. The molecule has 1 amide bonds. The molecule has 8 heteroatoms. The molecular weight excluding hydrogens is 379 g/mol. The fourth-order valence-corrected chi connectivity index (χ4v) is 3.60. The van der Waals surface area contributed by atoms with Crippen LogP contribution < -0.4 is 10.2 Å². The molecule has 1 aromatic heterocycles. The average Bonchev–Trinajstić information content (AvgIpc) is 3.40. The number of anilines is 2. The van der Waals surface area contributed by atoms with Crippen molar-refractivity contribution in [2.24, 2.45) is 0 Å². The number of hydrogen-bond donors (Lipinski definition) is 1. The van der Waals surface area contributed by atoms with Gasteiger partial charge < -0.3 is 14.6 Å². The normalized spacial score (nSPS) is 13.7. The average molecular weight is 398 g/mol. The molecule has 2 aromatic carbocycles. The van der Waals surface area contributed by atoms with Crippen LogP contribution in [0, 0.1) is 5.82 Å². The number of halogens is 1. The highest BCUT2D eigenvalue weighted by Gasteiger charge is 2.13. The van der Waals surface area contributed by atoms with Gasteiger partial charge in [-0.1, -0.05) is 11.8 Å². The summed E-state index contributed by atoms with van der Waals surface area (Å²) in [5, 5.41) is 11.0. The zero-order valence-corrected chi connectivity index (χ0v) is 15.9. The molecule has 0 atom stereocenters. The predicted octanol–water partition coefficient (Wildman–Crippen LogP) is 4.21. The summed E-state index contributed by atoms with van der Waals surface area (Å²) in [6.45, 7) is 2.18. The minimum absolute atomic E-state index is 0.152. The van der Waals surface area contributed by atoms with Crippen molar-refractivity contribution in [1.82, 2.24) is 10.2 Å². The van der Waals surface area contributed by atoms with E-state index < -0.39 is 0 Å². The molecule has 4 rings (SSSR count). The molecule has 28 heavy (non-hydrogen) atoms. The van der Waals surface area contributed by atoms with Crippen LogP contribution in [0.4, 0.5) is 15.8 Å². The van der Waals surface area contributed by atoms with E-state index in [0.29, 0.717) is 16.7 Å². The first kappa shape index (κ1) is 18.5. The lowest BCUT2D eigenvalue weighted by Gasteiger charge is -2.17. The Balaban J connectivity index is 1.29. The van der Waals surface area contributed by atoms with Crippen molar-refractivity contribution in [2.75, 3.05) is 29.1 Å². The number of rotatable bonds is 6. The maximum absolute atomic E-state index is 13.0. The van der Waals surface area contributed by atoms with Gasteiger partial charge in [-0.15, -0.1) is 10.2 Å². The minimum Gasteiger partial charge on any atom is -0.411 e. The van der Waals surface area contributed by atoms with Crippen LogP contribution in [-0.2, 0) is 4.79 Å². The maximum Gasteiger partial charge on any atom is 0.277 e. The van der Waals surface area contributed by atoms with Crippen LogP contribution in [0.3, 0.4) is 0 Å². The molecule has 2 heterocycles. The van der Waals surface area contributed by atoms with E-state index in [1.807, 2.05) is 24.3 Å². The molecule has 0 bridgehead atoms. The molecule has 1 aliphatic heterocycles. The second-order valence-corrected chi connectivity index (χ2v) is 7.38. The van der Waals surface area contributed by atoms with E-state index >= 15 is 0 Å². The van der Waals surface area contributed by atoms with E-state index in [-0.39, 0.29) is 17.5 Å². The van der Waals surface area contributed by atoms with Gasteiger partial charge in [0.15, 0.2) is 0 Å². The molecule has 1 aliphatic rings. The summed E-state index contributed by atoms with van der Waals surface area (Å²) < 4.78 is 18.5. The Kier molecular flexibility index (Phi) is 5.57. The van der Waals surface area contributed by atoms with Gasteiger partial charge in [0, 0.05) is 30.0 Å². The van der Waals surface area contributed by atoms with Gasteiger partial charge in [0.1, 0.15) is 5.82 Å². The van der Waals surface area contributed by atoms with E-state index in [9.17, 15) is 9.18 Å². The highest BCUT2D eigenvalue weighted by atomic mass is 32.2. The first-order valence-corrected chi connectivity index (χ1v) is 10.0. The maximum atomic E-state index is 13.0. The number of carbonyl (C=O) groups is 1. The predicted molar refractivity (Wildman–Crippen MR) is 107 cm³/mol. The van der Waals surface area contributed by atoms with E-state index in [0.717, 1.165) is 30.5 Å². The molecule has 0 spiro atoms. The second-order valence-electron chi connectivity index (χ2n) is 6.46. The Labute approximate surface area is 166 Å². The fourth-order valence-electron chi connectivity index (χ4n) is 3.03. The highest BCUT2D eigenvalue weighted by molar-refractivity contribution is 7.99. The van der Waals surface area contributed by atoms with Crippen LogP contribution in [0.15, 0.2) is 58.2 Å². The molecule has 0 radical (unpaired) electrons. The zero-order chi connectivity index (χ0) is 19.3. The Bertz CT molecular complexity index is 938. The third-order valence-electron chi connectivity index (χ3n) is 4.45. The van der Waals surface area contributed by atoms with E-state index in [1.165, 1.54) is 30.7 Å². The van der Waals surface area contributed by atoms with Crippen LogP contribution in [0.1, 0.15) is 12.8 Å². The van der Waals surface area contributed by atoms with Gasteiger partial charge in [0.2, 0.25) is 11.8 Å². The summed E-state index contributed by atoms with van der Waals surface area (Å²) in [6, 6.07) is 13.7. The summed E-state index contributed by atoms with van der Waals surface area (Å²) in [5.41, 5.74) is 2.57. The molecule has 0 unspecified atom stereocenters. The number of amides is 1. The van der Waals surface area contributed by atoms with Gasteiger partial charge in [-0.05, 0) is 61.4 Å². The smallest absolute Gasteiger partial charge is 0.277 e. The Morgan fingerprint density at radius 2 is 1.79 bits per heavy atom. The largest absolute Gasteiger partial charge is 0.411 e. The van der Waals surface area contributed by atoms with Crippen molar-refractivity contribution in [3.05, 3.63) is 54.3 Å². The van der Waals surface area contributed by atoms with Gasteiger partial charge in [0.05, 0.1) is 5.75 Å². The third-order valence-corrected chi connectivity index (χ3v) is 5.27. The Morgan fingerprint density at radius 3 is 2.50 bits per heavy atom. The highest BCUT2D eigenvalue weighted by Crippen LogP contribution is 2.24. The molecule has 1 saturated heterocycles. The number of nitrogens with one attached hydrogen (secondary N) is 1. The monoisotopic (exact) mass is 398 g/mol. The van der Waals surface area contributed by atoms with Gasteiger partial charge in [-0.25, -0.2) is 4.39 Å². The van der Waals surface area contributed by atoms with E-state index in [4.69, 9.17) is 4.42 Å². The molecule has 144 valence electrons. The lowest BCUT2D eigenvalue weighted by atomic mass is 10.2. The van der Waals surface area contributed by atoms with Crippen LogP contribution >= 0.6 is 11.8 Å². The topological polar surface area (TPSA) is 71.3 Å². The molecule has 0 aliphatic carbocycles. The van der Waals surface area contributed by atoms with Crippen molar-refractivity contribution >= 4 is 29.0 Å². The number of hydrogen-bond acceptors (Lipinski definition) is 6. The first-order chi connectivity index (χ1) is 13.7. The molecule has 0 saturated carbocycles. The van der Waals surface area contributed by atoms with Crippen molar-refractivity contribution in [1.29, 1.82) is 0 Å². The van der Waals surface area contributed by atoms with Crippen molar-refractivity contribution in [3.63, 3.8) is 0 Å². The molecular formula is C20H19FN4O2S. The van der Waals surface area contributed by atoms with Gasteiger partial charge in [0.25, 0.3) is 5.22 Å². The summed E-state index contributed by atoms with van der Waals surface area (Å²) in [6.07, 6.45) is 2.46. The lowest BCUT2D eigenvalue weighted by molar-refractivity contribution is -0.113. The summed E-state index contributed by atoms with van der Waals surface area (Å²) >= 11 is 1.16. The van der Waals surface area contributed by atoms with Crippen LogP contribution in [0.5, 0.6) is 0 Å². The standard InChI is InChI=1S/C20H19FN4O2S/c21-15-5-3-14(4-6-15)19-23-24-20(27-19)28-13-18(26)22-16-7-9-17(10-8-16)25-11-1-2-12-25/h3-10H,1-2,11-13H2,(H,22,26). The molecule has 3 aromatic rings. The quantitative estimate of drug-likeness (QED) is 0.628. The van der Waals surface area contributed by atoms with Crippen LogP contribution in [0.25, 0.3) is 11.5 Å². The molecule has 1 N–H and O–H groups in total. The van der Waals surface area contributed by atoms with Crippen molar-refractivity contribution in [2.45, 2.75) is 18.1 Å². The van der Waals surface area contributed by atoms with E-state index in [2.05, 4.69) is 20.4 Å². The third kappa shape index (κ3) is 4.51. The van der Waals surface area contributed by atoms with Gasteiger partial charge in [-0.3, -0.25) is 4.79 Å². The molecule has 1 fully saturated rings. The number of thioether (sulfide) groups is 1.